The van der Waals surface area contributed by atoms with E-state index < -0.39 is 0 Å². The molecule has 0 bridgehead atoms. The van der Waals surface area contributed by atoms with E-state index in [-0.39, 0.29) is 0 Å². The zero-order chi connectivity index (χ0) is 16.6. The summed E-state index contributed by atoms with van der Waals surface area (Å²) in [4.78, 5) is 8.78. The number of thioether (sulfide) groups is 1. The second kappa shape index (κ2) is 8.78. The summed E-state index contributed by atoms with van der Waals surface area (Å²) in [5, 5.41) is 7.50. The van der Waals surface area contributed by atoms with Gasteiger partial charge in [-0.15, -0.1) is 0 Å². The molecule has 1 saturated heterocycles. The van der Waals surface area contributed by atoms with Gasteiger partial charge in [-0.3, -0.25) is 4.99 Å². The average molecular weight is 344 g/mol. The van der Waals surface area contributed by atoms with Crippen LogP contribution in [-0.2, 0) is 13.1 Å². The molecule has 1 aromatic carbocycles. The van der Waals surface area contributed by atoms with Crippen molar-refractivity contribution in [1.82, 2.24) is 20.2 Å². The lowest BCUT2D eigenvalue weighted by molar-refractivity contribution is 0.680. The lowest BCUT2D eigenvalue weighted by atomic mass is 10.2. The van der Waals surface area contributed by atoms with E-state index in [1.807, 2.05) is 25.5 Å². The first-order valence-electron chi connectivity index (χ1n) is 8.45. The van der Waals surface area contributed by atoms with Crippen LogP contribution in [0.15, 0.2) is 47.7 Å². The molecule has 1 aliphatic heterocycles. The summed E-state index contributed by atoms with van der Waals surface area (Å²) in [7, 11) is 1.81. The van der Waals surface area contributed by atoms with E-state index in [9.17, 15) is 0 Å². The number of hydrogen-bond acceptors (Lipinski definition) is 3. The highest BCUT2D eigenvalue weighted by molar-refractivity contribution is 8.00. The third-order valence-electron chi connectivity index (χ3n) is 4.16. The van der Waals surface area contributed by atoms with Crippen LogP contribution in [0.25, 0.3) is 0 Å². The Morgan fingerprint density at radius 1 is 1.33 bits per heavy atom. The second-order valence-electron chi connectivity index (χ2n) is 5.90. The summed E-state index contributed by atoms with van der Waals surface area (Å²) < 4.78 is 2.17. The van der Waals surface area contributed by atoms with Crippen LogP contribution in [-0.4, -0.2) is 40.1 Å². The Kier molecular flexibility index (Phi) is 6.18. The van der Waals surface area contributed by atoms with E-state index in [1.54, 1.807) is 0 Å². The minimum absolute atomic E-state index is 0.664. The predicted molar refractivity (Wildman–Crippen MR) is 101 cm³/mol. The highest BCUT2D eigenvalue weighted by atomic mass is 32.2. The first kappa shape index (κ1) is 16.9. The molecule has 6 heteroatoms. The third-order valence-corrected chi connectivity index (χ3v) is 5.55. The summed E-state index contributed by atoms with van der Waals surface area (Å²) in [6.45, 7) is 2.47. The molecule has 0 aliphatic carbocycles. The Hall–Kier alpha value is -1.95. The van der Waals surface area contributed by atoms with Crippen molar-refractivity contribution in [3.8, 4) is 0 Å². The van der Waals surface area contributed by atoms with Crippen LogP contribution in [0, 0.1) is 0 Å². The summed E-state index contributed by atoms with van der Waals surface area (Å²) in [5.74, 6) is 3.14. The van der Waals surface area contributed by atoms with Crippen molar-refractivity contribution >= 4 is 17.7 Å². The average Bonchev–Trinajstić information content (AvgIpc) is 3.28. The van der Waals surface area contributed by atoms with Gasteiger partial charge >= 0.3 is 0 Å². The molecule has 1 aromatic heterocycles. The van der Waals surface area contributed by atoms with Crippen LogP contribution in [0.4, 0.5) is 0 Å². The molecule has 5 nitrogen and oxygen atoms in total. The highest BCUT2D eigenvalue weighted by Gasteiger charge is 2.15. The monoisotopic (exact) mass is 343 g/mol. The minimum atomic E-state index is 0.664. The van der Waals surface area contributed by atoms with Gasteiger partial charge in [-0.1, -0.05) is 30.3 Å². The van der Waals surface area contributed by atoms with Crippen LogP contribution in [0.1, 0.15) is 24.2 Å². The standard InChI is InChI=1S/C18H25N5S/c1-19-18(21-12-16-8-5-11-24-16)22-13-17-20-9-10-23(17)14-15-6-3-2-4-7-15/h2-4,6-7,9-10,16H,5,8,11-14H2,1H3,(H2,19,21,22). The third kappa shape index (κ3) is 4.77. The van der Waals surface area contributed by atoms with Gasteiger partial charge < -0.3 is 15.2 Å². The van der Waals surface area contributed by atoms with Crippen molar-refractivity contribution in [2.45, 2.75) is 31.2 Å². The number of hydrogen-bond donors (Lipinski definition) is 2. The number of nitrogens with one attached hydrogen (secondary N) is 2. The summed E-state index contributed by atoms with van der Waals surface area (Å²) in [5.41, 5.74) is 1.28. The fraction of sp³-hybridized carbons (Fsp3) is 0.444. The number of guanidine groups is 1. The van der Waals surface area contributed by atoms with E-state index >= 15 is 0 Å². The zero-order valence-electron chi connectivity index (χ0n) is 14.1. The molecule has 0 saturated carbocycles. The molecule has 2 N–H and O–H groups in total. The van der Waals surface area contributed by atoms with Gasteiger partial charge in [0.1, 0.15) is 5.82 Å². The number of aliphatic imine (C=N–C) groups is 1. The summed E-state index contributed by atoms with van der Waals surface area (Å²) in [6.07, 6.45) is 6.51. The van der Waals surface area contributed by atoms with Crippen molar-refractivity contribution in [2.75, 3.05) is 19.3 Å². The zero-order valence-corrected chi connectivity index (χ0v) is 14.9. The van der Waals surface area contributed by atoms with Gasteiger partial charge in [-0.05, 0) is 24.2 Å². The van der Waals surface area contributed by atoms with Crippen LogP contribution < -0.4 is 10.6 Å². The molecule has 1 unspecified atom stereocenters. The van der Waals surface area contributed by atoms with E-state index in [1.165, 1.54) is 24.2 Å². The van der Waals surface area contributed by atoms with Gasteiger partial charge in [0.25, 0.3) is 0 Å². The predicted octanol–water partition coefficient (Wildman–Crippen LogP) is 2.49. The molecule has 128 valence electrons. The van der Waals surface area contributed by atoms with E-state index in [2.05, 4.69) is 61.2 Å². The smallest absolute Gasteiger partial charge is 0.191 e. The number of aromatic nitrogens is 2. The Morgan fingerprint density at radius 3 is 2.96 bits per heavy atom. The molecule has 2 heterocycles. The van der Waals surface area contributed by atoms with Gasteiger partial charge in [0.2, 0.25) is 0 Å². The topological polar surface area (TPSA) is 54.2 Å². The van der Waals surface area contributed by atoms with Crippen LogP contribution >= 0.6 is 11.8 Å². The largest absolute Gasteiger partial charge is 0.355 e. The second-order valence-corrected chi connectivity index (χ2v) is 7.31. The normalized spacial score (nSPS) is 17.9. The van der Waals surface area contributed by atoms with Crippen molar-refractivity contribution in [3.05, 3.63) is 54.1 Å². The molecule has 24 heavy (non-hydrogen) atoms. The van der Waals surface area contributed by atoms with Crippen LogP contribution in [0.5, 0.6) is 0 Å². The number of benzene rings is 1. The molecule has 2 aromatic rings. The van der Waals surface area contributed by atoms with Crippen molar-refractivity contribution < 1.29 is 0 Å². The number of nitrogens with zero attached hydrogens (tertiary/aromatic N) is 3. The first-order valence-corrected chi connectivity index (χ1v) is 9.50. The van der Waals surface area contributed by atoms with E-state index in [0.717, 1.165) is 24.9 Å². The maximum atomic E-state index is 4.47. The summed E-state index contributed by atoms with van der Waals surface area (Å²) >= 11 is 2.05. The van der Waals surface area contributed by atoms with Gasteiger partial charge in [0.05, 0.1) is 6.54 Å². The molecule has 0 spiro atoms. The van der Waals surface area contributed by atoms with Gasteiger partial charge in [0, 0.05) is 37.8 Å². The molecule has 1 fully saturated rings. The SMILES string of the molecule is CN=C(NCc1nccn1Cc1ccccc1)NCC1CCCS1. The Labute approximate surface area is 148 Å². The minimum Gasteiger partial charge on any atom is -0.355 e. The fourth-order valence-electron chi connectivity index (χ4n) is 2.83. The molecule has 1 atom stereocenters. The van der Waals surface area contributed by atoms with Gasteiger partial charge in [0.15, 0.2) is 5.96 Å². The fourth-order valence-corrected chi connectivity index (χ4v) is 4.03. The maximum Gasteiger partial charge on any atom is 0.191 e. The quantitative estimate of drug-likeness (QED) is 0.625. The lowest BCUT2D eigenvalue weighted by Crippen LogP contribution is -2.40. The Morgan fingerprint density at radius 2 is 2.21 bits per heavy atom. The lowest BCUT2D eigenvalue weighted by Gasteiger charge is -2.15. The molecular formula is C18H25N5S. The molecule has 1 aliphatic rings. The Bertz CT molecular complexity index is 646. The Balaban J connectivity index is 1.51. The molecular weight excluding hydrogens is 318 g/mol. The number of imidazole rings is 1. The van der Waals surface area contributed by atoms with E-state index in [0.29, 0.717) is 11.8 Å². The van der Waals surface area contributed by atoms with E-state index in [4.69, 9.17) is 0 Å². The maximum absolute atomic E-state index is 4.47. The number of rotatable bonds is 6. The molecule has 0 amide bonds. The van der Waals surface area contributed by atoms with Gasteiger partial charge in [-0.25, -0.2) is 4.98 Å². The highest BCUT2D eigenvalue weighted by Crippen LogP contribution is 2.25. The van der Waals surface area contributed by atoms with Crippen LogP contribution in [0.3, 0.4) is 0 Å². The van der Waals surface area contributed by atoms with Crippen LogP contribution in [0.2, 0.25) is 0 Å². The van der Waals surface area contributed by atoms with Crippen molar-refractivity contribution in [1.29, 1.82) is 0 Å². The van der Waals surface area contributed by atoms with Crippen molar-refractivity contribution in [2.24, 2.45) is 4.99 Å². The van der Waals surface area contributed by atoms with Crippen molar-refractivity contribution in [3.63, 3.8) is 0 Å². The molecule has 3 rings (SSSR count). The summed E-state index contributed by atoms with van der Waals surface area (Å²) in [6, 6.07) is 10.4. The first-order chi connectivity index (χ1) is 11.8. The molecule has 0 radical (unpaired) electrons. The van der Waals surface area contributed by atoms with Gasteiger partial charge in [-0.2, -0.15) is 11.8 Å².